The number of hydrogen-bond acceptors (Lipinski definition) is 5. The largest absolute Gasteiger partial charge is 0.481 e. The third-order valence-corrected chi connectivity index (χ3v) is 0.695. The number of hydrogen-bond donors (Lipinski definition) is 3. The molecule has 11 heavy (non-hydrogen) atoms. The molecule has 0 aromatic heterocycles. The Kier molecular flexibility index (Phi) is 3.76. The van der Waals surface area contributed by atoms with Gasteiger partial charge >= 0.3 is 5.97 Å². The van der Waals surface area contributed by atoms with Crippen LogP contribution in [-0.2, 0) is 9.53 Å². The molecule has 5 heteroatoms. The van der Waals surface area contributed by atoms with Gasteiger partial charge < -0.3 is 20.1 Å². The van der Waals surface area contributed by atoms with Gasteiger partial charge in [0, 0.05) is 6.08 Å². The second kappa shape index (κ2) is 4.35. The minimum absolute atomic E-state index is 0.543. The molecule has 0 rings (SSSR count). The SMILES string of the molecule is C=CC(=O)OC(O)C=C(O)O. The van der Waals surface area contributed by atoms with Crippen LogP contribution in [0, 0.1) is 0 Å². The highest BCUT2D eigenvalue weighted by Crippen LogP contribution is 1.93. The van der Waals surface area contributed by atoms with E-state index in [1.165, 1.54) is 0 Å². The van der Waals surface area contributed by atoms with Crippen LogP contribution in [0.2, 0.25) is 0 Å². The van der Waals surface area contributed by atoms with E-state index in [1.54, 1.807) is 0 Å². The predicted octanol–water partition coefficient (Wildman–Crippen LogP) is -0.00860. The van der Waals surface area contributed by atoms with Gasteiger partial charge in [0.1, 0.15) is 0 Å². The van der Waals surface area contributed by atoms with E-state index in [0.29, 0.717) is 6.08 Å². The van der Waals surface area contributed by atoms with Gasteiger partial charge in [0.25, 0.3) is 5.95 Å². The van der Waals surface area contributed by atoms with Gasteiger partial charge in [-0.2, -0.15) is 0 Å². The van der Waals surface area contributed by atoms with E-state index < -0.39 is 18.2 Å². The molecule has 0 bridgehead atoms. The number of aliphatic hydroxyl groups is 3. The number of carbonyl (C=O) groups is 1. The van der Waals surface area contributed by atoms with Crippen LogP contribution in [0.25, 0.3) is 0 Å². The molecule has 0 radical (unpaired) electrons. The molecular weight excluding hydrogens is 152 g/mol. The quantitative estimate of drug-likeness (QED) is 0.234. The smallest absolute Gasteiger partial charge is 0.332 e. The van der Waals surface area contributed by atoms with Gasteiger partial charge in [-0.3, -0.25) is 0 Å². The highest BCUT2D eigenvalue weighted by Gasteiger charge is 2.05. The van der Waals surface area contributed by atoms with Gasteiger partial charge in [0.15, 0.2) is 0 Å². The van der Waals surface area contributed by atoms with E-state index in [2.05, 4.69) is 11.3 Å². The Morgan fingerprint density at radius 1 is 1.55 bits per heavy atom. The number of aliphatic hydroxyl groups excluding tert-OH is 2. The zero-order valence-electron chi connectivity index (χ0n) is 5.60. The summed E-state index contributed by atoms with van der Waals surface area (Å²) in [4.78, 5) is 10.3. The van der Waals surface area contributed by atoms with Crippen molar-refractivity contribution in [2.24, 2.45) is 0 Å². The fraction of sp³-hybridized carbons (Fsp3) is 0.167. The number of carbonyl (C=O) groups excluding carboxylic acids is 1. The summed E-state index contributed by atoms with van der Waals surface area (Å²) < 4.78 is 4.11. The van der Waals surface area contributed by atoms with Crippen LogP contribution >= 0.6 is 0 Å². The predicted molar refractivity (Wildman–Crippen MR) is 35.6 cm³/mol. The van der Waals surface area contributed by atoms with Crippen LogP contribution in [0.15, 0.2) is 24.7 Å². The average molecular weight is 160 g/mol. The van der Waals surface area contributed by atoms with Crippen LogP contribution in [0.4, 0.5) is 0 Å². The van der Waals surface area contributed by atoms with Crippen molar-refractivity contribution < 1.29 is 24.9 Å². The van der Waals surface area contributed by atoms with Crippen molar-refractivity contribution in [3.8, 4) is 0 Å². The Morgan fingerprint density at radius 3 is 2.45 bits per heavy atom. The van der Waals surface area contributed by atoms with Crippen LogP contribution in [-0.4, -0.2) is 27.6 Å². The van der Waals surface area contributed by atoms with E-state index in [0.717, 1.165) is 6.08 Å². The third-order valence-electron chi connectivity index (χ3n) is 0.695. The Hall–Kier alpha value is -1.49. The molecular formula is C6H8O5. The first-order valence-corrected chi connectivity index (χ1v) is 2.67. The lowest BCUT2D eigenvalue weighted by molar-refractivity contribution is -0.154. The average Bonchev–Trinajstić information content (AvgIpc) is 1.85. The highest BCUT2D eigenvalue weighted by molar-refractivity contribution is 5.81. The van der Waals surface area contributed by atoms with Crippen LogP contribution in [0.3, 0.4) is 0 Å². The minimum atomic E-state index is -1.66. The lowest BCUT2D eigenvalue weighted by atomic mass is 10.5. The van der Waals surface area contributed by atoms with E-state index >= 15 is 0 Å². The molecule has 0 aliphatic rings. The second-order valence-electron chi connectivity index (χ2n) is 1.56. The molecule has 0 aromatic carbocycles. The Labute approximate surface area is 62.8 Å². The molecule has 0 fully saturated rings. The summed E-state index contributed by atoms with van der Waals surface area (Å²) in [7, 11) is 0. The number of esters is 1. The van der Waals surface area contributed by atoms with E-state index in [4.69, 9.17) is 15.3 Å². The normalized spacial score (nSPS) is 11.4. The molecule has 1 atom stereocenters. The lowest BCUT2D eigenvalue weighted by Gasteiger charge is -2.03. The molecule has 0 saturated heterocycles. The summed E-state index contributed by atoms with van der Waals surface area (Å²) in [5.74, 6) is -1.97. The molecule has 62 valence electrons. The van der Waals surface area contributed by atoms with Gasteiger partial charge in [0.05, 0.1) is 6.08 Å². The molecule has 0 aliphatic carbocycles. The van der Waals surface area contributed by atoms with Crippen molar-refractivity contribution in [1.82, 2.24) is 0 Å². The monoisotopic (exact) mass is 160 g/mol. The van der Waals surface area contributed by atoms with Crippen molar-refractivity contribution in [2.45, 2.75) is 6.29 Å². The van der Waals surface area contributed by atoms with Crippen LogP contribution < -0.4 is 0 Å². The minimum Gasteiger partial charge on any atom is -0.481 e. The Balaban J connectivity index is 3.87. The maximum absolute atomic E-state index is 10.3. The fourth-order valence-electron chi connectivity index (χ4n) is 0.329. The summed E-state index contributed by atoms with van der Waals surface area (Å²) in [5.41, 5.74) is 0. The first kappa shape index (κ1) is 9.51. The zero-order valence-corrected chi connectivity index (χ0v) is 5.60. The molecule has 0 heterocycles. The van der Waals surface area contributed by atoms with Gasteiger partial charge in [-0.1, -0.05) is 6.58 Å². The van der Waals surface area contributed by atoms with Crippen molar-refractivity contribution in [3.05, 3.63) is 24.7 Å². The maximum Gasteiger partial charge on any atom is 0.332 e. The van der Waals surface area contributed by atoms with Crippen LogP contribution in [0.5, 0.6) is 0 Å². The molecule has 0 amide bonds. The molecule has 3 N–H and O–H groups in total. The third kappa shape index (κ3) is 4.98. The van der Waals surface area contributed by atoms with Crippen molar-refractivity contribution >= 4 is 5.97 Å². The zero-order chi connectivity index (χ0) is 8.85. The van der Waals surface area contributed by atoms with Gasteiger partial charge in [-0.05, 0) is 0 Å². The number of ether oxygens (including phenoxy) is 1. The summed E-state index contributed by atoms with van der Waals surface area (Å²) in [6, 6.07) is 0. The maximum atomic E-state index is 10.3. The second-order valence-corrected chi connectivity index (χ2v) is 1.56. The summed E-state index contributed by atoms with van der Waals surface area (Å²) in [6.45, 7) is 3.06. The molecule has 0 spiro atoms. The van der Waals surface area contributed by atoms with Gasteiger partial charge in [-0.25, -0.2) is 4.79 Å². The van der Waals surface area contributed by atoms with Gasteiger partial charge in [-0.15, -0.1) is 0 Å². The molecule has 0 saturated carbocycles. The van der Waals surface area contributed by atoms with Crippen molar-refractivity contribution in [3.63, 3.8) is 0 Å². The number of rotatable bonds is 3. The molecule has 0 aliphatic heterocycles. The van der Waals surface area contributed by atoms with E-state index in [9.17, 15) is 4.79 Å². The van der Waals surface area contributed by atoms with Gasteiger partial charge in [0.2, 0.25) is 6.29 Å². The van der Waals surface area contributed by atoms with E-state index in [1.807, 2.05) is 0 Å². The first-order valence-electron chi connectivity index (χ1n) is 2.67. The molecule has 1 unspecified atom stereocenters. The topological polar surface area (TPSA) is 87.0 Å². The lowest BCUT2D eigenvalue weighted by Crippen LogP contribution is -2.13. The van der Waals surface area contributed by atoms with Crippen LogP contribution in [0.1, 0.15) is 0 Å². The first-order chi connectivity index (χ1) is 5.06. The van der Waals surface area contributed by atoms with Crippen molar-refractivity contribution in [1.29, 1.82) is 0 Å². The highest BCUT2D eigenvalue weighted by atomic mass is 16.6. The summed E-state index contributed by atoms with van der Waals surface area (Å²) >= 11 is 0. The standard InChI is InChI=1S/C6H8O5/c1-2-5(9)11-6(10)3-4(7)8/h2-3,6-8,10H,1H2. The fourth-order valence-corrected chi connectivity index (χ4v) is 0.329. The van der Waals surface area contributed by atoms with Crippen molar-refractivity contribution in [2.75, 3.05) is 0 Å². The molecule has 5 nitrogen and oxygen atoms in total. The Morgan fingerprint density at radius 2 is 2.09 bits per heavy atom. The summed E-state index contributed by atoms with van der Waals surface area (Å²) in [5, 5.41) is 24.9. The molecule has 0 aromatic rings. The Bertz CT molecular complexity index is 179. The van der Waals surface area contributed by atoms with E-state index in [-0.39, 0.29) is 0 Å². The summed E-state index contributed by atoms with van der Waals surface area (Å²) in [6.07, 6.45) is -0.280.